The van der Waals surface area contributed by atoms with Gasteiger partial charge in [-0.05, 0) is 43.5 Å². The number of aromatic nitrogens is 2. The molecule has 1 aromatic heterocycles. The number of benzene rings is 1. The predicted molar refractivity (Wildman–Crippen MR) is 106 cm³/mol. The summed E-state index contributed by atoms with van der Waals surface area (Å²) in [4.78, 5) is 20.6. The minimum atomic E-state index is -3.28. The molecule has 9 heteroatoms. The highest BCUT2D eigenvalue weighted by Gasteiger charge is 2.31. The minimum absolute atomic E-state index is 0.120. The van der Waals surface area contributed by atoms with Crippen LogP contribution in [0.2, 0.25) is 0 Å². The van der Waals surface area contributed by atoms with Crippen molar-refractivity contribution >= 4 is 21.6 Å². The first kappa shape index (κ1) is 20.2. The second-order valence-corrected chi connectivity index (χ2v) is 8.76. The molecule has 1 aliphatic heterocycles. The number of rotatable bonds is 7. The van der Waals surface area contributed by atoms with Crippen LogP contribution in [0.15, 0.2) is 42.9 Å². The van der Waals surface area contributed by atoms with Crippen LogP contribution in [0, 0.1) is 5.92 Å². The molecule has 1 aromatic carbocycles. The van der Waals surface area contributed by atoms with Crippen molar-refractivity contribution in [2.45, 2.75) is 26.2 Å². The van der Waals surface area contributed by atoms with Crippen LogP contribution in [0.3, 0.4) is 0 Å². The van der Waals surface area contributed by atoms with Crippen LogP contribution in [0.1, 0.15) is 26.2 Å². The van der Waals surface area contributed by atoms with Gasteiger partial charge < -0.3 is 10.1 Å². The number of nitrogens with one attached hydrogen (secondary N) is 1. The summed E-state index contributed by atoms with van der Waals surface area (Å²) in [5.41, 5.74) is 0.630. The van der Waals surface area contributed by atoms with Gasteiger partial charge >= 0.3 is 0 Å². The molecule has 1 fully saturated rings. The SMILES string of the molecule is CCCS(=O)(=O)N1CCCC(C(=O)Nc2ccc(Oc3cnccn3)cc2)C1. The lowest BCUT2D eigenvalue weighted by Crippen LogP contribution is -2.44. The standard InChI is InChI=1S/C19H24N4O4S/c1-2-12-28(25,26)23-11-3-4-15(14-23)19(24)22-16-5-7-17(8-6-16)27-18-13-20-9-10-21-18/h5-10,13,15H,2-4,11-12,14H2,1H3,(H,22,24). The zero-order chi connectivity index (χ0) is 20.0. The van der Waals surface area contributed by atoms with Crippen LogP contribution in [-0.4, -0.2) is 47.4 Å². The van der Waals surface area contributed by atoms with E-state index in [9.17, 15) is 13.2 Å². The Morgan fingerprint density at radius 2 is 2.07 bits per heavy atom. The van der Waals surface area contributed by atoms with Gasteiger partial charge in [0, 0.05) is 31.2 Å². The number of carbonyl (C=O) groups is 1. The molecule has 0 spiro atoms. The minimum Gasteiger partial charge on any atom is -0.438 e. The van der Waals surface area contributed by atoms with Crippen molar-refractivity contribution in [3.8, 4) is 11.6 Å². The van der Waals surface area contributed by atoms with E-state index in [1.54, 1.807) is 30.5 Å². The van der Waals surface area contributed by atoms with Crippen LogP contribution in [0.4, 0.5) is 5.69 Å². The van der Waals surface area contributed by atoms with Gasteiger partial charge in [0.15, 0.2) is 0 Å². The summed E-state index contributed by atoms with van der Waals surface area (Å²) in [7, 11) is -3.28. The van der Waals surface area contributed by atoms with E-state index in [2.05, 4.69) is 15.3 Å². The smallest absolute Gasteiger partial charge is 0.237 e. The fraction of sp³-hybridized carbons (Fsp3) is 0.421. The Morgan fingerprint density at radius 3 is 2.75 bits per heavy atom. The summed E-state index contributed by atoms with van der Waals surface area (Å²) in [6.07, 6.45) is 6.54. The molecule has 1 amide bonds. The van der Waals surface area contributed by atoms with Crippen molar-refractivity contribution in [3.63, 3.8) is 0 Å². The van der Waals surface area contributed by atoms with Gasteiger partial charge in [0.2, 0.25) is 21.8 Å². The Labute approximate surface area is 165 Å². The predicted octanol–water partition coefficient (Wildman–Crippen LogP) is 2.66. The maximum absolute atomic E-state index is 12.6. The molecule has 3 rings (SSSR count). The summed E-state index contributed by atoms with van der Waals surface area (Å²) in [6, 6.07) is 6.92. The van der Waals surface area contributed by atoms with Gasteiger partial charge in [-0.25, -0.2) is 17.7 Å². The largest absolute Gasteiger partial charge is 0.438 e. The van der Waals surface area contributed by atoms with Crippen molar-refractivity contribution in [3.05, 3.63) is 42.9 Å². The molecule has 1 atom stereocenters. The molecule has 0 radical (unpaired) electrons. The fourth-order valence-electron chi connectivity index (χ4n) is 3.11. The van der Waals surface area contributed by atoms with Crippen LogP contribution < -0.4 is 10.1 Å². The molecule has 1 unspecified atom stereocenters. The zero-order valence-electron chi connectivity index (χ0n) is 15.7. The highest BCUT2D eigenvalue weighted by Crippen LogP contribution is 2.24. The van der Waals surface area contributed by atoms with Crippen molar-refractivity contribution in [2.75, 3.05) is 24.2 Å². The third-order valence-electron chi connectivity index (χ3n) is 4.49. The van der Waals surface area contributed by atoms with E-state index >= 15 is 0 Å². The molecular formula is C19H24N4O4S. The normalized spacial score (nSPS) is 17.8. The van der Waals surface area contributed by atoms with Crippen molar-refractivity contribution in [1.29, 1.82) is 0 Å². The Balaban J connectivity index is 1.58. The zero-order valence-corrected chi connectivity index (χ0v) is 16.6. The molecule has 150 valence electrons. The number of ether oxygens (including phenoxy) is 1. The van der Waals surface area contributed by atoms with E-state index in [4.69, 9.17) is 4.74 Å². The first-order chi connectivity index (χ1) is 13.5. The second kappa shape index (κ2) is 9.11. The maximum Gasteiger partial charge on any atom is 0.237 e. The summed E-state index contributed by atoms with van der Waals surface area (Å²) in [5.74, 6) is 0.562. The van der Waals surface area contributed by atoms with Gasteiger partial charge in [-0.2, -0.15) is 0 Å². The lowest BCUT2D eigenvalue weighted by molar-refractivity contribution is -0.120. The summed E-state index contributed by atoms with van der Waals surface area (Å²) in [6.45, 7) is 2.56. The van der Waals surface area contributed by atoms with Gasteiger partial charge in [0.05, 0.1) is 17.9 Å². The number of sulfonamides is 1. The molecule has 1 saturated heterocycles. The average molecular weight is 404 g/mol. The van der Waals surface area contributed by atoms with Crippen LogP contribution in [0.25, 0.3) is 0 Å². The topological polar surface area (TPSA) is 101 Å². The molecule has 1 N–H and O–H groups in total. The number of nitrogens with zero attached hydrogens (tertiary/aromatic N) is 3. The maximum atomic E-state index is 12.6. The Kier molecular flexibility index (Phi) is 6.58. The van der Waals surface area contributed by atoms with Crippen LogP contribution in [-0.2, 0) is 14.8 Å². The van der Waals surface area contributed by atoms with Crippen LogP contribution >= 0.6 is 0 Å². The molecule has 2 aromatic rings. The molecule has 0 aliphatic carbocycles. The summed E-state index contributed by atoms with van der Waals surface area (Å²) >= 11 is 0. The number of carbonyl (C=O) groups excluding carboxylic acids is 1. The quantitative estimate of drug-likeness (QED) is 0.761. The van der Waals surface area contributed by atoms with Crippen molar-refractivity contribution in [1.82, 2.24) is 14.3 Å². The second-order valence-electron chi connectivity index (χ2n) is 6.67. The number of hydrogen-bond acceptors (Lipinski definition) is 6. The molecule has 2 heterocycles. The third kappa shape index (κ3) is 5.26. The van der Waals surface area contributed by atoms with Crippen molar-refractivity contribution < 1.29 is 17.9 Å². The van der Waals surface area contributed by atoms with Gasteiger partial charge in [0.25, 0.3) is 0 Å². The molecule has 8 nitrogen and oxygen atoms in total. The van der Waals surface area contributed by atoms with E-state index < -0.39 is 10.0 Å². The Morgan fingerprint density at radius 1 is 1.29 bits per heavy atom. The summed E-state index contributed by atoms with van der Waals surface area (Å²) in [5, 5.41) is 2.86. The van der Waals surface area contributed by atoms with E-state index in [0.29, 0.717) is 43.1 Å². The highest BCUT2D eigenvalue weighted by atomic mass is 32.2. The first-order valence-corrected chi connectivity index (χ1v) is 10.9. The summed E-state index contributed by atoms with van der Waals surface area (Å²) < 4.78 is 31.6. The van der Waals surface area contributed by atoms with Gasteiger partial charge in [-0.1, -0.05) is 6.92 Å². The van der Waals surface area contributed by atoms with Crippen LogP contribution in [0.5, 0.6) is 11.6 Å². The van der Waals surface area contributed by atoms with Gasteiger partial charge in [-0.3, -0.25) is 9.78 Å². The number of piperidine rings is 1. The number of anilines is 1. The van der Waals surface area contributed by atoms with Gasteiger partial charge in [0.1, 0.15) is 5.75 Å². The molecular weight excluding hydrogens is 380 g/mol. The first-order valence-electron chi connectivity index (χ1n) is 9.30. The molecule has 1 aliphatic rings. The molecule has 0 bridgehead atoms. The van der Waals surface area contributed by atoms with E-state index in [-0.39, 0.29) is 24.1 Å². The average Bonchev–Trinajstić information content (AvgIpc) is 2.70. The Hall–Kier alpha value is -2.52. The highest BCUT2D eigenvalue weighted by molar-refractivity contribution is 7.89. The third-order valence-corrected chi connectivity index (χ3v) is 6.54. The van der Waals surface area contributed by atoms with E-state index in [1.165, 1.54) is 16.7 Å². The number of amides is 1. The Bertz CT molecular complexity index is 888. The fourth-order valence-corrected chi connectivity index (χ4v) is 4.69. The monoisotopic (exact) mass is 404 g/mol. The molecule has 28 heavy (non-hydrogen) atoms. The lowest BCUT2D eigenvalue weighted by atomic mass is 9.99. The van der Waals surface area contributed by atoms with E-state index in [1.807, 2.05) is 6.92 Å². The number of hydrogen-bond donors (Lipinski definition) is 1. The van der Waals surface area contributed by atoms with Crippen molar-refractivity contribution in [2.24, 2.45) is 5.92 Å². The van der Waals surface area contributed by atoms with E-state index in [0.717, 1.165) is 0 Å². The molecule has 0 saturated carbocycles. The lowest BCUT2D eigenvalue weighted by Gasteiger charge is -2.31. The van der Waals surface area contributed by atoms with Gasteiger partial charge in [-0.15, -0.1) is 0 Å².